The predicted octanol–water partition coefficient (Wildman–Crippen LogP) is 4.00. The Labute approximate surface area is 162 Å². The van der Waals surface area contributed by atoms with E-state index < -0.39 is 0 Å². The van der Waals surface area contributed by atoms with Crippen molar-refractivity contribution < 1.29 is 4.74 Å². The number of ether oxygens (including phenoxy) is 1. The highest BCUT2D eigenvalue weighted by Crippen LogP contribution is 2.21. The van der Waals surface area contributed by atoms with Gasteiger partial charge in [0.05, 0.1) is 13.7 Å². The lowest BCUT2D eigenvalue weighted by Gasteiger charge is -2.33. The summed E-state index contributed by atoms with van der Waals surface area (Å²) in [6.45, 7) is 5.06. The Kier molecular flexibility index (Phi) is 6.71. The fourth-order valence-electron chi connectivity index (χ4n) is 3.54. The van der Waals surface area contributed by atoms with E-state index in [0.29, 0.717) is 18.5 Å². The smallest absolute Gasteiger partial charge is 0.193 e. The molecule has 144 valence electrons. The van der Waals surface area contributed by atoms with E-state index in [4.69, 9.17) is 10.5 Å². The van der Waals surface area contributed by atoms with Crippen LogP contribution in [0.1, 0.15) is 37.3 Å². The second-order valence-corrected chi connectivity index (χ2v) is 7.14. The summed E-state index contributed by atoms with van der Waals surface area (Å²) < 4.78 is 5.24. The molecule has 5 heteroatoms. The van der Waals surface area contributed by atoms with Crippen molar-refractivity contribution in [3.05, 3.63) is 59.7 Å². The van der Waals surface area contributed by atoms with Gasteiger partial charge in [0.15, 0.2) is 5.96 Å². The number of piperidine rings is 1. The summed E-state index contributed by atoms with van der Waals surface area (Å²) in [6.07, 6.45) is 3.93. The van der Waals surface area contributed by atoms with Crippen LogP contribution in [0.2, 0.25) is 0 Å². The molecule has 27 heavy (non-hydrogen) atoms. The summed E-state index contributed by atoms with van der Waals surface area (Å²) in [5.41, 5.74) is 9.52. The van der Waals surface area contributed by atoms with E-state index in [1.54, 1.807) is 7.11 Å². The van der Waals surface area contributed by atoms with Crippen LogP contribution in [-0.2, 0) is 13.1 Å². The van der Waals surface area contributed by atoms with Crippen LogP contribution < -0.4 is 15.8 Å². The summed E-state index contributed by atoms with van der Waals surface area (Å²) in [4.78, 5) is 7.12. The third-order valence-corrected chi connectivity index (χ3v) is 5.19. The van der Waals surface area contributed by atoms with Gasteiger partial charge in [-0.15, -0.1) is 0 Å². The molecule has 1 heterocycles. The van der Waals surface area contributed by atoms with Gasteiger partial charge in [0.1, 0.15) is 5.75 Å². The first-order chi connectivity index (χ1) is 13.2. The minimum absolute atomic E-state index is 0.407. The minimum atomic E-state index is 0.407. The highest BCUT2D eigenvalue weighted by molar-refractivity contribution is 5.92. The SMILES string of the molecule is COc1cccc(NC(N)=NCc2ccccc2CN2CCCCC2C)c1. The second-order valence-electron chi connectivity index (χ2n) is 7.14. The van der Waals surface area contributed by atoms with Crippen LogP contribution in [0.5, 0.6) is 5.75 Å². The molecule has 1 atom stereocenters. The van der Waals surface area contributed by atoms with Crippen LogP contribution in [0.4, 0.5) is 5.69 Å². The van der Waals surface area contributed by atoms with Crippen LogP contribution in [0.15, 0.2) is 53.5 Å². The lowest BCUT2D eigenvalue weighted by atomic mass is 10.0. The third kappa shape index (κ3) is 5.47. The maximum Gasteiger partial charge on any atom is 0.193 e. The number of anilines is 1. The third-order valence-electron chi connectivity index (χ3n) is 5.19. The minimum Gasteiger partial charge on any atom is -0.497 e. The van der Waals surface area contributed by atoms with Gasteiger partial charge >= 0.3 is 0 Å². The Balaban J connectivity index is 1.65. The van der Waals surface area contributed by atoms with Crippen LogP contribution in [-0.4, -0.2) is 30.6 Å². The molecular formula is C22H30N4O. The van der Waals surface area contributed by atoms with Crippen LogP contribution in [0, 0.1) is 0 Å². The van der Waals surface area contributed by atoms with Gasteiger partial charge in [-0.2, -0.15) is 0 Å². The van der Waals surface area contributed by atoms with E-state index in [1.807, 2.05) is 24.3 Å². The molecule has 5 nitrogen and oxygen atoms in total. The van der Waals surface area contributed by atoms with Gasteiger partial charge in [0.2, 0.25) is 0 Å². The Morgan fingerprint density at radius 2 is 2.00 bits per heavy atom. The molecule has 0 saturated carbocycles. The van der Waals surface area contributed by atoms with Gasteiger partial charge < -0.3 is 15.8 Å². The van der Waals surface area contributed by atoms with Crippen molar-refractivity contribution in [2.24, 2.45) is 10.7 Å². The lowest BCUT2D eigenvalue weighted by molar-refractivity contribution is 0.152. The van der Waals surface area contributed by atoms with Crippen molar-refractivity contribution in [3.8, 4) is 5.75 Å². The van der Waals surface area contributed by atoms with Crippen molar-refractivity contribution in [1.82, 2.24) is 4.90 Å². The monoisotopic (exact) mass is 366 g/mol. The molecule has 0 aliphatic carbocycles. The predicted molar refractivity (Wildman–Crippen MR) is 112 cm³/mol. The summed E-state index contributed by atoms with van der Waals surface area (Å²) in [6, 6.07) is 16.8. The number of guanidine groups is 1. The molecule has 2 aromatic carbocycles. The maximum atomic E-state index is 6.09. The van der Waals surface area contributed by atoms with Gasteiger partial charge in [-0.25, -0.2) is 4.99 Å². The quantitative estimate of drug-likeness (QED) is 0.599. The number of likely N-dealkylation sites (tertiary alicyclic amines) is 1. The second kappa shape index (κ2) is 9.42. The molecule has 1 unspecified atom stereocenters. The van der Waals surface area contributed by atoms with Crippen molar-refractivity contribution >= 4 is 11.6 Å². The fraction of sp³-hybridized carbons (Fsp3) is 0.409. The summed E-state index contributed by atoms with van der Waals surface area (Å²) >= 11 is 0. The number of methoxy groups -OCH3 is 1. The van der Waals surface area contributed by atoms with E-state index in [0.717, 1.165) is 18.0 Å². The number of aliphatic imine (C=N–C) groups is 1. The van der Waals surface area contributed by atoms with E-state index in [9.17, 15) is 0 Å². The first-order valence-electron chi connectivity index (χ1n) is 9.67. The van der Waals surface area contributed by atoms with Crippen LogP contribution in [0.3, 0.4) is 0 Å². The van der Waals surface area contributed by atoms with Gasteiger partial charge in [-0.3, -0.25) is 4.90 Å². The highest BCUT2D eigenvalue weighted by atomic mass is 16.5. The first kappa shape index (κ1) is 19.2. The first-order valence-corrected chi connectivity index (χ1v) is 9.67. The average Bonchev–Trinajstić information content (AvgIpc) is 2.69. The zero-order chi connectivity index (χ0) is 19.1. The largest absolute Gasteiger partial charge is 0.497 e. The number of nitrogens with zero attached hydrogens (tertiary/aromatic N) is 2. The molecule has 0 spiro atoms. The molecule has 0 aromatic heterocycles. The molecule has 1 fully saturated rings. The molecule has 1 aliphatic heterocycles. The summed E-state index contributed by atoms with van der Waals surface area (Å²) in [7, 11) is 1.65. The zero-order valence-corrected chi connectivity index (χ0v) is 16.3. The lowest BCUT2D eigenvalue weighted by Crippen LogP contribution is -2.37. The van der Waals surface area contributed by atoms with Crippen LogP contribution in [0.25, 0.3) is 0 Å². The summed E-state index contributed by atoms with van der Waals surface area (Å²) in [5.74, 6) is 1.19. The Morgan fingerprint density at radius 1 is 1.19 bits per heavy atom. The van der Waals surface area contributed by atoms with Crippen LogP contribution >= 0.6 is 0 Å². The van der Waals surface area contributed by atoms with Gasteiger partial charge in [-0.1, -0.05) is 36.8 Å². The van der Waals surface area contributed by atoms with Crippen molar-refractivity contribution in [3.63, 3.8) is 0 Å². The van der Waals surface area contributed by atoms with Crippen molar-refractivity contribution in [1.29, 1.82) is 0 Å². The molecule has 0 radical (unpaired) electrons. The number of rotatable bonds is 6. The topological polar surface area (TPSA) is 62.9 Å². The van der Waals surface area contributed by atoms with E-state index in [2.05, 4.69) is 46.4 Å². The number of hydrogen-bond acceptors (Lipinski definition) is 3. The van der Waals surface area contributed by atoms with E-state index >= 15 is 0 Å². The Hall–Kier alpha value is -2.53. The number of hydrogen-bond donors (Lipinski definition) is 2. The highest BCUT2D eigenvalue weighted by Gasteiger charge is 2.19. The standard InChI is InChI=1S/C22H30N4O/c1-17-8-5-6-13-26(17)16-19-10-4-3-9-18(19)15-24-22(23)25-20-11-7-12-21(14-20)27-2/h3-4,7,9-12,14,17H,5-6,8,13,15-16H2,1-2H3,(H3,23,24,25). The number of benzene rings is 2. The molecule has 1 aliphatic rings. The summed E-state index contributed by atoms with van der Waals surface area (Å²) in [5, 5.41) is 3.13. The molecule has 0 amide bonds. The Bertz CT molecular complexity index is 774. The zero-order valence-electron chi connectivity index (χ0n) is 16.3. The van der Waals surface area contributed by atoms with E-state index in [1.165, 1.54) is 36.9 Å². The average molecular weight is 367 g/mol. The molecular weight excluding hydrogens is 336 g/mol. The molecule has 0 bridgehead atoms. The van der Waals surface area contributed by atoms with Gasteiger partial charge in [-0.05, 0) is 49.6 Å². The van der Waals surface area contributed by atoms with Gasteiger partial charge in [0, 0.05) is 24.3 Å². The van der Waals surface area contributed by atoms with Crippen molar-refractivity contribution in [2.75, 3.05) is 19.0 Å². The molecule has 1 saturated heterocycles. The van der Waals surface area contributed by atoms with Gasteiger partial charge in [0.25, 0.3) is 0 Å². The molecule has 2 aromatic rings. The van der Waals surface area contributed by atoms with E-state index in [-0.39, 0.29) is 0 Å². The van der Waals surface area contributed by atoms with Crippen molar-refractivity contribution in [2.45, 2.75) is 45.3 Å². The molecule has 3 rings (SSSR count). The Morgan fingerprint density at radius 3 is 2.78 bits per heavy atom. The number of nitrogens with one attached hydrogen (secondary N) is 1. The fourth-order valence-corrected chi connectivity index (χ4v) is 3.54. The number of nitrogens with two attached hydrogens (primary N) is 1. The normalized spacial score (nSPS) is 18.3. The molecule has 3 N–H and O–H groups in total. The maximum absolute atomic E-state index is 6.09.